The molecule has 0 fully saturated rings. The molecular weight excluding hydrogens is 259 g/mol. The van der Waals surface area contributed by atoms with Crippen molar-refractivity contribution < 1.29 is 9.18 Å². The summed E-state index contributed by atoms with van der Waals surface area (Å²) in [6, 6.07) is 8.04. The molecule has 4 heteroatoms. The first-order valence-electron chi connectivity index (χ1n) is 5.17. The zero-order valence-electron chi connectivity index (χ0n) is 8.95. The Balaban J connectivity index is 2.04. The molecular formula is C13H10ClFOS. The fraction of sp³-hybridized carbons (Fsp3) is 0.154. The van der Waals surface area contributed by atoms with Gasteiger partial charge in [-0.05, 0) is 36.1 Å². The van der Waals surface area contributed by atoms with Crippen molar-refractivity contribution in [1.82, 2.24) is 0 Å². The van der Waals surface area contributed by atoms with Crippen LogP contribution in [0.5, 0.6) is 0 Å². The summed E-state index contributed by atoms with van der Waals surface area (Å²) in [5.74, 6) is -0.735. The lowest BCUT2D eigenvalue weighted by Crippen LogP contribution is -2.03. The number of aryl methyl sites for hydroxylation is 1. The van der Waals surface area contributed by atoms with Crippen molar-refractivity contribution >= 4 is 28.7 Å². The topological polar surface area (TPSA) is 17.1 Å². The number of thiophene rings is 1. The van der Waals surface area contributed by atoms with Crippen molar-refractivity contribution in [3.05, 3.63) is 57.0 Å². The van der Waals surface area contributed by atoms with Crippen LogP contribution in [0.25, 0.3) is 0 Å². The number of carbonyl (C=O) groups is 1. The number of carbonyl (C=O) groups excluding carboxylic acids is 1. The molecule has 0 amide bonds. The summed E-state index contributed by atoms with van der Waals surface area (Å²) in [6.45, 7) is 0. The lowest BCUT2D eigenvalue weighted by atomic mass is 10.1. The summed E-state index contributed by atoms with van der Waals surface area (Å²) in [7, 11) is 0. The van der Waals surface area contributed by atoms with E-state index in [2.05, 4.69) is 0 Å². The van der Waals surface area contributed by atoms with Gasteiger partial charge in [-0.15, -0.1) is 11.3 Å². The maximum absolute atomic E-state index is 13.5. The molecule has 88 valence electrons. The lowest BCUT2D eigenvalue weighted by Gasteiger charge is -2.02. The number of ketones is 1. The van der Waals surface area contributed by atoms with Crippen LogP contribution in [-0.4, -0.2) is 5.78 Å². The van der Waals surface area contributed by atoms with E-state index in [-0.39, 0.29) is 11.3 Å². The van der Waals surface area contributed by atoms with Gasteiger partial charge in [-0.3, -0.25) is 4.79 Å². The highest BCUT2D eigenvalue weighted by molar-refractivity contribution is 7.09. The van der Waals surface area contributed by atoms with Crippen molar-refractivity contribution in [3.63, 3.8) is 0 Å². The maximum Gasteiger partial charge on any atom is 0.166 e. The molecule has 0 bridgehead atoms. The summed E-state index contributed by atoms with van der Waals surface area (Å²) in [4.78, 5) is 12.9. The van der Waals surface area contributed by atoms with E-state index in [1.807, 2.05) is 17.5 Å². The standard InChI is InChI=1S/C13H10ClFOS/c14-9-3-5-11(12(15)8-9)13(16)6-4-10-2-1-7-17-10/h1-3,5,7-8H,4,6H2. The van der Waals surface area contributed by atoms with E-state index in [1.54, 1.807) is 11.3 Å². The molecule has 0 aliphatic rings. The summed E-state index contributed by atoms with van der Waals surface area (Å²) in [5, 5.41) is 2.26. The van der Waals surface area contributed by atoms with Crippen LogP contribution >= 0.6 is 22.9 Å². The highest BCUT2D eigenvalue weighted by Gasteiger charge is 2.12. The maximum atomic E-state index is 13.5. The molecule has 0 saturated carbocycles. The number of rotatable bonds is 4. The third-order valence-corrected chi connectivity index (χ3v) is 3.58. The van der Waals surface area contributed by atoms with E-state index in [4.69, 9.17) is 11.6 Å². The Morgan fingerprint density at radius 3 is 2.82 bits per heavy atom. The molecule has 0 saturated heterocycles. The van der Waals surface area contributed by atoms with Gasteiger partial charge in [-0.2, -0.15) is 0 Å². The highest BCUT2D eigenvalue weighted by atomic mass is 35.5. The first-order valence-corrected chi connectivity index (χ1v) is 6.43. The molecule has 0 atom stereocenters. The predicted octanol–water partition coefficient (Wildman–Crippen LogP) is 4.36. The lowest BCUT2D eigenvalue weighted by molar-refractivity contribution is 0.0979. The molecule has 0 N–H and O–H groups in total. The van der Waals surface area contributed by atoms with Crippen LogP contribution in [0.3, 0.4) is 0 Å². The SMILES string of the molecule is O=C(CCc1cccs1)c1ccc(Cl)cc1F. The molecule has 0 aliphatic heterocycles. The second-order valence-corrected chi connectivity index (χ2v) is 5.10. The minimum atomic E-state index is -0.548. The van der Waals surface area contributed by atoms with Crippen LogP contribution in [-0.2, 0) is 6.42 Å². The smallest absolute Gasteiger partial charge is 0.166 e. The number of halogens is 2. The normalized spacial score (nSPS) is 10.5. The van der Waals surface area contributed by atoms with Gasteiger partial charge < -0.3 is 0 Å². The number of benzene rings is 1. The molecule has 1 nitrogen and oxygen atoms in total. The van der Waals surface area contributed by atoms with Gasteiger partial charge in [-0.1, -0.05) is 17.7 Å². The van der Waals surface area contributed by atoms with E-state index in [1.165, 1.54) is 18.2 Å². The summed E-state index contributed by atoms with van der Waals surface area (Å²) < 4.78 is 13.5. The van der Waals surface area contributed by atoms with Gasteiger partial charge >= 0.3 is 0 Å². The van der Waals surface area contributed by atoms with Crippen LogP contribution < -0.4 is 0 Å². The number of Topliss-reactive ketones (excluding diaryl/α,β-unsaturated/α-hetero) is 1. The molecule has 0 radical (unpaired) electrons. The van der Waals surface area contributed by atoms with Crippen LogP contribution in [0, 0.1) is 5.82 Å². The predicted molar refractivity (Wildman–Crippen MR) is 68.4 cm³/mol. The summed E-state index contributed by atoms with van der Waals surface area (Å²) >= 11 is 7.23. The molecule has 0 spiro atoms. The van der Waals surface area contributed by atoms with Gasteiger partial charge in [-0.25, -0.2) is 4.39 Å². The third-order valence-electron chi connectivity index (χ3n) is 2.41. The van der Waals surface area contributed by atoms with Gasteiger partial charge in [0.05, 0.1) is 5.56 Å². The Labute approximate surface area is 108 Å². The minimum Gasteiger partial charge on any atom is -0.294 e. The van der Waals surface area contributed by atoms with E-state index < -0.39 is 5.82 Å². The molecule has 2 rings (SSSR count). The van der Waals surface area contributed by atoms with Crippen molar-refractivity contribution in [2.24, 2.45) is 0 Å². The quantitative estimate of drug-likeness (QED) is 0.753. The van der Waals surface area contributed by atoms with Gasteiger partial charge in [0.15, 0.2) is 5.78 Å². The van der Waals surface area contributed by atoms with Crippen molar-refractivity contribution in [1.29, 1.82) is 0 Å². The van der Waals surface area contributed by atoms with E-state index in [9.17, 15) is 9.18 Å². The Bertz CT molecular complexity index is 522. The van der Waals surface area contributed by atoms with Gasteiger partial charge in [0.1, 0.15) is 5.82 Å². The van der Waals surface area contributed by atoms with Gasteiger partial charge in [0.25, 0.3) is 0 Å². The average Bonchev–Trinajstić information content (AvgIpc) is 2.78. The Kier molecular flexibility index (Phi) is 3.92. The zero-order chi connectivity index (χ0) is 12.3. The monoisotopic (exact) mass is 268 g/mol. The van der Waals surface area contributed by atoms with Crippen molar-refractivity contribution in [3.8, 4) is 0 Å². The summed E-state index contributed by atoms with van der Waals surface area (Å²) in [5.41, 5.74) is 0.117. The van der Waals surface area contributed by atoms with Gasteiger partial charge in [0, 0.05) is 16.3 Å². The fourth-order valence-electron chi connectivity index (χ4n) is 1.54. The molecule has 2 aromatic rings. The van der Waals surface area contributed by atoms with Crippen LogP contribution in [0.4, 0.5) is 4.39 Å². The molecule has 1 aromatic heterocycles. The number of hydrogen-bond donors (Lipinski definition) is 0. The Hall–Kier alpha value is -1.19. The third kappa shape index (κ3) is 3.14. The van der Waals surface area contributed by atoms with E-state index in [0.717, 1.165) is 4.88 Å². The fourth-order valence-corrected chi connectivity index (χ4v) is 2.41. The molecule has 0 aliphatic carbocycles. The van der Waals surface area contributed by atoms with Crippen molar-refractivity contribution in [2.45, 2.75) is 12.8 Å². The van der Waals surface area contributed by atoms with E-state index >= 15 is 0 Å². The summed E-state index contributed by atoms with van der Waals surface area (Å²) in [6.07, 6.45) is 0.970. The largest absolute Gasteiger partial charge is 0.294 e. The molecule has 1 heterocycles. The zero-order valence-corrected chi connectivity index (χ0v) is 10.5. The Morgan fingerprint density at radius 2 is 2.18 bits per heavy atom. The first kappa shape index (κ1) is 12.3. The minimum absolute atomic E-state index is 0.117. The van der Waals surface area contributed by atoms with Crippen LogP contribution in [0.1, 0.15) is 21.7 Å². The van der Waals surface area contributed by atoms with Crippen LogP contribution in [0.15, 0.2) is 35.7 Å². The second kappa shape index (κ2) is 5.43. The van der Waals surface area contributed by atoms with Crippen molar-refractivity contribution in [2.75, 3.05) is 0 Å². The highest BCUT2D eigenvalue weighted by Crippen LogP contribution is 2.18. The molecule has 0 unspecified atom stereocenters. The Morgan fingerprint density at radius 1 is 1.35 bits per heavy atom. The van der Waals surface area contributed by atoms with E-state index in [0.29, 0.717) is 17.9 Å². The molecule has 1 aromatic carbocycles. The van der Waals surface area contributed by atoms with Gasteiger partial charge in [0.2, 0.25) is 0 Å². The van der Waals surface area contributed by atoms with Crippen LogP contribution in [0.2, 0.25) is 5.02 Å². The average molecular weight is 269 g/mol. The second-order valence-electron chi connectivity index (χ2n) is 3.63. The first-order chi connectivity index (χ1) is 8.16. The molecule has 17 heavy (non-hydrogen) atoms. The number of hydrogen-bond acceptors (Lipinski definition) is 2.